The van der Waals surface area contributed by atoms with Crippen LogP contribution in [0.2, 0.25) is 0 Å². The molecule has 1 aliphatic heterocycles. The van der Waals surface area contributed by atoms with Gasteiger partial charge in [0, 0.05) is 19.7 Å². The summed E-state index contributed by atoms with van der Waals surface area (Å²) in [5.74, 6) is 1.44. The highest BCUT2D eigenvalue weighted by molar-refractivity contribution is 7.20. The number of hydrogen-bond acceptors (Lipinski definition) is 7. The number of carbonyl (C=O) groups excluding carboxylic acids is 1. The molecule has 1 fully saturated rings. The third-order valence-corrected chi connectivity index (χ3v) is 5.89. The lowest BCUT2D eigenvalue weighted by Crippen LogP contribution is -2.34. The van der Waals surface area contributed by atoms with Gasteiger partial charge in [0.25, 0.3) is 5.91 Å². The van der Waals surface area contributed by atoms with Crippen LogP contribution in [0.3, 0.4) is 0 Å². The van der Waals surface area contributed by atoms with E-state index in [-0.39, 0.29) is 24.4 Å². The molecule has 9 heteroatoms. The highest BCUT2D eigenvalue weighted by Crippen LogP contribution is 2.37. The SMILES string of the molecule is COCc1nc(OC)c2c(C)c(C(=O)N3CC(CN)CC3C)sc2n1.Cl. The first-order chi connectivity index (χ1) is 12.0. The van der Waals surface area contributed by atoms with Crippen molar-refractivity contribution in [1.82, 2.24) is 14.9 Å². The molecule has 0 spiro atoms. The van der Waals surface area contributed by atoms with Crippen molar-refractivity contribution < 1.29 is 14.3 Å². The third-order valence-electron chi connectivity index (χ3n) is 4.72. The second-order valence-electron chi connectivity index (χ2n) is 6.46. The summed E-state index contributed by atoms with van der Waals surface area (Å²) in [4.78, 5) is 25.4. The fourth-order valence-electron chi connectivity index (χ4n) is 3.42. The van der Waals surface area contributed by atoms with Crippen LogP contribution in [0.5, 0.6) is 5.88 Å². The number of ether oxygens (including phenoxy) is 2. The molecule has 2 aromatic rings. The number of aromatic nitrogens is 2. The van der Waals surface area contributed by atoms with Gasteiger partial charge in [-0.25, -0.2) is 4.98 Å². The average molecular weight is 401 g/mol. The zero-order chi connectivity index (χ0) is 18.1. The van der Waals surface area contributed by atoms with Crippen LogP contribution in [-0.2, 0) is 11.3 Å². The summed E-state index contributed by atoms with van der Waals surface area (Å²) in [6.45, 7) is 5.62. The number of nitrogens with zero attached hydrogens (tertiary/aromatic N) is 3. The molecule has 0 radical (unpaired) electrons. The summed E-state index contributed by atoms with van der Waals surface area (Å²) in [5, 5.41) is 0.804. The van der Waals surface area contributed by atoms with Gasteiger partial charge < -0.3 is 20.1 Å². The first kappa shape index (κ1) is 20.8. The Labute approximate surface area is 163 Å². The Kier molecular flexibility index (Phi) is 6.79. The topological polar surface area (TPSA) is 90.6 Å². The first-order valence-corrected chi connectivity index (χ1v) is 9.15. The molecular weight excluding hydrogens is 376 g/mol. The number of hydrogen-bond donors (Lipinski definition) is 1. The number of amides is 1. The number of fused-ring (bicyclic) bond motifs is 1. The molecule has 26 heavy (non-hydrogen) atoms. The number of likely N-dealkylation sites (tertiary alicyclic amines) is 1. The smallest absolute Gasteiger partial charge is 0.264 e. The van der Waals surface area contributed by atoms with Crippen molar-refractivity contribution in [1.29, 1.82) is 0 Å². The lowest BCUT2D eigenvalue weighted by atomic mass is 10.1. The van der Waals surface area contributed by atoms with E-state index in [4.69, 9.17) is 15.2 Å². The van der Waals surface area contributed by atoms with Gasteiger partial charge in [-0.15, -0.1) is 23.7 Å². The fraction of sp³-hybridized carbons (Fsp3) is 0.588. The van der Waals surface area contributed by atoms with E-state index in [1.165, 1.54) is 11.3 Å². The second-order valence-corrected chi connectivity index (χ2v) is 7.46. The minimum atomic E-state index is 0. The van der Waals surface area contributed by atoms with Gasteiger partial charge in [0.15, 0.2) is 5.82 Å². The Hall–Kier alpha value is -1.48. The zero-order valence-electron chi connectivity index (χ0n) is 15.4. The van der Waals surface area contributed by atoms with E-state index >= 15 is 0 Å². The number of halogens is 1. The first-order valence-electron chi connectivity index (χ1n) is 8.34. The lowest BCUT2D eigenvalue weighted by molar-refractivity contribution is 0.0748. The Morgan fingerprint density at radius 2 is 2.12 bits per heavy atom. The van der Waals surface area contributed by atoms with Crippen LogP contribution < -0.4 is 10.5 Å². The molecule has 0 aromatic carbocycles. The summed E-state index contributed by atoms with van der Waals surface area (Å²) in [6, 6.07) is 0.197. The number of rotatable bonds is 5. The number of methoxy groups -OCH3 is 2. The molecule has 0 saturated carbocycles. The maximum Gasteiger partial charge on any atom is 0.264 e. The van der Waals surface area contributed by atoms with E-state index in [1.807, 2.05) is 11.8 Å². The van der Waals surface area contributed by atoms with Crippen molar-refractivity contribution in [3.8, 4) is 5.88 Å². The van der Waals surface area contributed by atoms with Crippen LogP contribution in [0.4, 0.5) is 0 Å². The Balaban J connectivity index is 0.00000243. The van der Waals surface area contributed by atoms with Gasteiger partial charge in [0.2, 0.25) is 5.88 Å². The summed E-state index contributed by atoms with van der Waals surface area (Å²) in [7, 11) is 3.17. The monoisotopic (exact) mass is 400 g/mol. The minimum absolute atomic E-state index is 0. The quantitative estimate of drug-likeness (QED) is 0.828. The highest BCUT2D eigenvalue weighted by Gasteiger charge is 2.34. The van der Waals surface area contributed by atoms with E-state index in [1.54, 1.807) is 14.2 Å². The van der Waals surface area contributed by atoms with Crippen LogP contribution in [0.1, 0.15) is 34.4 Å². The molecule has 0 aliphatic carbocycles. The molecule has 7 nitrogen and oxygen atoms in total. The minimum Gasteiger partial charge on any atom is -0.480 e. The van der Waals surface area contributed by atoms with Crippen molar-refractivity contribution >= 4 is 39.9 Å². The fourth-order valence-corrected chi connectivity index (χ4v) is 4.56. The molecule has 144 valence electrons. The van der Waals surface area contributed by atoms with Gasteiger partial charge in [-0.1, -0.05) is 0 Å². The van der Waals surface area contributed by atoms with Crippen molar-refractivity contribution in [3.05, 3.63) is 16.3 Å². The van der Waals surface area contributed by atoms with Gasteiger partial charge in [-0.2, -0.15) is 4.98 Å². The van der Waals surface area contributed by atoms with Gasteiger partial charge in [0.1, 0.15) is 11.4 Å². The van der Waals surface area contributed by atoms with Crippen molar-refractivity contribution in [2.24, 2.45) is 11.7 Å². The predicted molar refractivity (Wildman–Crippen MR) is 104 cm³/mol. The van der Waals surface area contributed by atoms with Gasteiger partial charge >= 0.3 is 0 Å². The summed E-state index contributed by atoms with van der Waals surface area (Å²) in [6.07, 6.45) is 0.952. The summed E-state index contributed by atoms with van der Waals surface area (Å²) >= 11 is 1.39. The van der Waals surface area contributed by atoms with E-state index in [2.05, 4.69) is 16.9 Å². The van der Waals surface area contributed by atoms with Crippen molar-refractivity contribution in [3.63, 3.8) is 0 Å². The van der Waals surface area contributed by atoms with E-state index in [0.717, 1.165) is 22.2 Å². The lowest BCUT2D eigenvalue weighted by Gasteiger charge is -2.21. The maximum absolute atomic E-state index is 13.1. The van der Waals surface area contributed by atoms with E-state index in [9.17, 15) is 4.79 Å². The number of aryl methyl sites for hydroxylation is 1. The Bertz CT molecular complexity index is 798. The van der Waals surface area contributed by atoms with Crippen molar-refractivity contribution in [2.75, 3.05) is 27.3 Å². The maximum atomic E-state index is 13.1. The molecule has 2 aromatic heterocycles. The molecule has 3 rings (SSSR count). The molecular formula is C17H25ClN4O3S. The normalized spacial score (nSPS) is 19.7. The number of carbonyl (C=O) groups is 1. The molecule has 0 bridgehead atoms. The van der Waals surface area contributed by atoms with Gasteiger partial charge in [-0.3, -0.25) is 4.79 Å². The summed E-state index contributed by atoms with van der Waals surface area (Å²) < 4.78 is 10.5. The zero-order valence-corrected chi connectivity index (χ0v) is 17.1. The molecule has 1 saturated heterocycles. The summed E-state index contributed by atoms with van der Waals surface area (Å²) in [5.41, 5.74) is 6.66. The third kappa shape index (κ3) is 3.64. The molecule has 1 amide bonds. The number of nitrogens with two attached hydrogens (primary N) is 1. The van der Waals surface area contributed by atoms with Crippen LogP contribution >= 0.6 is 23.7 Å². The van der Waals surface area contributed by atoms with Crippen LogP contribution in [0, 0.1) is 12.8 Å². The van der Waals surface area contributed by atoms with Gasteiger partial charge in [0.05, 0.1) is 17.4 Å². The van der Waals surface area contributed by atoms with Crippen molar-refractivity contribution in [2.45, 2.75) is 32.9 Å². The molecule has 1 aliphatic rings. The largest absolute Gasteiger partial charge is 0.480 e. The Morgan fingerprint density at radius 3 is 2.69 bits per heavy atom. The standard InChI is InChI=1S/C17H24N4O3S.ClH/c1-9-5-11(6-18)7-21(9)17(22)14-10(2)13-15(24-4)19-12(8-23-3)20-16(13)25-14;/h9,11H,5-8,18H2,1-4H3;1H. The van der Waals surface area contributed by atoms with Gasteiger partial charge in [-0.05, 0) is 38.3 Å². The molecule has 2 N–H and O–H groups in total. The molecule has 2 atom stereocenters. The molecule has 2 unspecified atom stereocenters. The van der Waals surface area contributed by atoms with Crippen LogP contribution in [0.15, 0.2) is 0 Å². The predicted octanol–water partition coefficient (Wildman–Crippen LogP) is 2.39. The van der Waals surface area contributed by atoms with E-state index in [0.29, 0.717) is 42.2 Å². The molecule has 3 heterocycles. The number of thiophene rings is 1. The second kappa shape index (κ2) is 8.47. The average Bonchev–Trinajstić information content (AvgIpc) is 3.14. The Morgan fingerprint density at radius 1 is 1.38 bits per heavy atom. The van der Waals surface area contributed by atoms with Crippen LogP contribution in [0.25, 0.3) is 10.2 Å². The van der Waals surface area contributed by atoms with E-state index < -0.39 is 0 Å². The highest BCUT2D eigenvalue weighted by atomic mass is 35.5. The van der Waals surface area contributed by atoms with Crippen LogP contribution in [-0.4, -0.2) is 54.1 Å².